The molecular weight excluding hydrogens is 364 g/mol. The summed E-state index contributed by atoms with van der Waals surface area (Å²) in [5, 5.41) is 0. The average molecular weight is 397 g/mol. The molecule has 0 saturated carbocycles. The number of carbonyl (C=O) groups excluding carboxylic acids is 2. The Balaban J connectivity index is 1.84. The van der Waals surface area contributed by atoms with Crippen LogP contribution in [-0.4, -0.2) is 18.5 Å². The van der Waals surface area contributed by atoms with Crippen LogP contribution in [0.4, 0.5) is 0 Å². The van der Waals surface area contributed by atoms with Gasteiger partial charge in [-0.3, -0.25) is 4.79 Å². The third kappa shape index (κ3) is 7.72. The summed E-state index contributed by atoms with van der Waals surface area (Å²) in [6, 6.07) is 15.3. The molecule has 4 nitrogen and oxygen atoms in total. The molecule has 29 heavy (non-hydrogen) atoms. The van der Waals surface area contributed by atoms with Crippen molar-refractivity contribution in [1.29, 1.82) is 0 Å². The first-order chi connectivity index (χ1) is 14.0. The Hall–Kier alpha value is -2.62. The van der Waals surface area contributed by atoms with Crippen molar-refractivity contribution in [1.82, 2.24) is 0 Å². The van der Waals surface area contributed by atoms with Gasteiger partial charge in [-0.25, -0.2) is 4.79 Å². The van der Waals surface area contributed by atoms with E-state index in [1.165, 1.54) is 32.6 Å². The van der Waals surface area contributed by atoms with Gasteiger partial charge in [0.2, 0.25) is 0 Å². The van der Waals surface area contributed by atoms with Crippen molar-refractivity contribution in [2.75, 3.05) is 6.61 Å². The fourth-order valence-electron chi connectivity index (χ4n) is 3.19. The number of ether oxygens (including phenoxy) is 2. The average Bonchev–Trinajstić information content (AvgIpc) is 2.72. The number of hydrogen-bond donors (Lipinski definition) is 0. The molecule has 0 radical (unpaired) electrons. The summed E-state index contributed by atoms with van der Waals surface area (Å²) in [6.07, 6.45) is 6.74. The molecule has 1 atom stereocenters. The summed E-state index contributed by atoms with van der Waals surface area (Å²) in [5.74, 6) is -0.559. The highest BCUT2D eigenvalue weighted by atomic mass is 16.5. The van der Waals surface area contributed by atoms with Crippen molar-refractivity contribution in [3.05, 3.63) is 59.7 Å². The van der Waals surface area contributed by atoms with Gasteiger partial charge < -0.3 is 9.47 Å². The second-order valence-electron chi connectivity index (χ2n) is 7.35. The van der Waals surface area contributed by atoms with E-state index in [4.69, 9.17) is 9.47 Å². The van der Waals surface area contributed by atoms with Crippen LogP contribution in [-0.2, 0) is 14.3 Å². The monoisotopic (exact) mass is 396 g/mol. The van der Waals surface area contributed by atoms with Crippen LogP contribution in [0.1, 0.15) is 81.3 Å². The zero-order chi connectivity index (χ0) is 21.1. The lowest BCUT2D eigenvalue weighted by Gasteiger charge is -2.12. The van der Waals surface area contributed by atoms with Gasteiger partial charge in [-0.05, 0) is 42.2 Å². The number of benzene rings is 2. The maximum Gasteiger partial charge on any atom is 0.338 e. The van der Waals surface area contributed by atoms with Gasteiger partial charge in [0.25, 0.3) is 0 Å². The van der Waals surface area contributed by atoms with E-state index in [1.807, 2.05) is 43.3 Å². The van der Waals surface area contributed by atoms with E-state index < -0.39 is 0 Å². The minimum Gasteiger partial charge on any atom is -0.462 e. The second-order valence-corrected chi connectivity index (χ2v) is 7.35. The maximum atomic E-state index is 12.2. The number of hydrogen-bond acceptors (Lipinski definition) is 4. The van der Waals surface area contributed by atoms with E-state index in [0.717, 1.165) is 29.5 Å². The van der Waals surface area contributed by atoms with E-state index in [1.54, 1.807) is 12.1 Å². The first-order valence-corrected chi connectivity index (χ1v) is 10.6. The summed E-state index contributed by atoms with van der Waals surface area (Å²) in [4.78, 5) is 23.3. The van der Waals surface area contributed by atoms with Gasteiger partial charge in [0.15, 0.2) is 0 Å². The van der Waals surface area contributed by atoms with Gasteiger partial charge >= 0.3 is 11.9 Å². The van der Waals surface area contributed by atoms with Gasteiger partial charge in [0.1, 0.15) is 6.10 Å². The molecule has 0 aromatic heterocycles. The fraction of sp³-hybridized carbons (Fsp3) is 0.440. The van der Waals surface area contributed by atoms with Crippen molar-refractivity contribution < 1.29 is 19.1 Å². The highest BCUT2D eigenvalue weighted by molar-refractivity contribution is 5.90. The maximum absolute atomic E-state index is 12.2. The number of rotatable bonds is 11. The van der Waals surface area contributed by atoms with Crippen molar-refractivity contribution in [3.63, 3.8) is 0 Å². The molecule has 0 aliphatic heterocycles. The number of esters is 2. The Morgan fingerprint density at radius 2 is 1.38 bits per heavy atom. The van der Waals surface area contributed by atoms with Crippen LogP contribution in [0.5, 0.6) is 0 Å². The van der Waals surface area contributed by atoms with Crippen molar-refractivity contribution >= 4 is 11.9 Å². The number of unbranched alkanes of at least 4 members (excludes halogenated alkanes) is 5. The molecule has 0 spiro atoms. The molecule has 1 unspecified atom stereocenters. The predicted octanol–water partition coefficient (Wildman–Crippen LogP) is 6.50. The third-order valence-electron chi connectivity index (χ3n) is 4.91. The normalized spacial score (nSPS) is 11.7. The van der Waals surface area contributed by atoms with E-state index in [9.17, 15) is 9.59 Å². The Morgan fingerprint density at radius 3 is 1.97 bits per heavy atom. The van der Waals surface area contributed by atoms with Crippen LogP contribution in [0.3, 0.4) is 0 Å². The van der Waals surface area contributed by atoms with Crippen molar-refractivity contribution in [3.8, 4) is 11.1 Å². The topological polar surface area (TPSA) is 52.6 Å². The van der Waals surface area contributed by atoms with Gasteiger partial charge in [-0.2, -0.15) is 0 Å². The van der Waals surface area contributed by atoms with Crippen LogP contribution in [0.25, 0.3) is 11.1 Å². The highest BCUT2D eigenvalue weighted by Crippen LogP contribution is 2.24. The fourth-order valence-corrected chi connectivity index (χ4v) is 3.19. The Bertz CT molecular complexity index is 762. The van der Waals surface area contributed by atoms with Crippen LogP contribution < -0.4 is 0 Å². The lowest BCUT2D eigenvalue weighted by Crippen LogP contribution is -2.06. The van der Waals surface area contributed by atoms with E-state index in [-0.39, 0.29) is 18.0 Å². The third-order valence-corrected chi connectivity index (χ3v) is 4.91. The summed E-state index contributed by atoms with van der Waals surface area (Å²) in [6.45, 7) is 5.94. The summed E-state index contributed by atoms with van der Waals surface area (Å²) < 4.78 is 10.6. The van der Waals surface area contributed by atoms with E-state index in [0.29, 0.717) is 12.2 Å². The van der Waals surface area contributed by atoms with Crippen LogP contribution in [0.2, 0.25) is 0 Å². The molecule has 2 aromatic carbocycles. The van der Waals surface area contributed by atoms with Crippen LogP contribution >= 0.6 is 0 Å². The predicted molar refractivity (Wildman–Crippen MR) is 116 cm³/mol. The van der Waals surface area contributed by atoms with Crippen LogP contribution in [0.15, 0.2) is 48.5 Å². The summed E-state index contributed by atoms with van der Waals surface area (Å²) in [5.41, 5.74) is 3.57. The zero-order valence-electron chi connectivity index (χ0n) is 17.8. The molecule has 0 amide bonds. The summed E-state index contributed by atoms with van der Waals surface area (Å²) >= 11 is 0. The molecule has 0 heterocycles. The highest BCUT2D eigenvalue weighted by Gasteiger charge is 2.10. The zero-order valence-corrected chi connectivity index (χ0v) is 17.8. The van der Waals surface area contributed by atoms with Gasteiger partial charge in [0, 0.05) is 6.92 Å². The minimum atomic E-state index is -0.291. The molecule has 0 saturated heterocycles. The molecule has 0 N–H and O–H groups in total. The molecule has 0 fully saturated rings. The lowest BCUT2D eigenvalue weighted by atomic mass is 10.0. The summed E-state index contributed by atoms with van der Waals surface area (Å²) in [7, 11) is 0. The van der Waals surface area contributed by atoms with Crippen molar-refractivity contribution in [2.24, 2.45) is 0 Å². The van der Waals surface area contributed by atoms with E-state index in [2.05, 4.69) is 6.92 Å². The Morgan fingerprint density at radius 1 is 0.828 bits per heavy atom. The molecule has 0 bridgehead atoms. The van der Waals surface area contributed by atoms with Crippen molar-refractivity contribution in [2.45, 2.75) is 65.4 Å². The molecule has 0 aliphatic carbocycles. The van der Waals surface area contributed by atoms with E-state index >= 15 is 0 Å². The quantitative estimate of drug-likeness (QED) is 0.321. The lowest BCUT2D eigenvalue weighted by molar-refractivity contribution is -0.145. The molecule has 4 heteroatoms. The SMILES string of the molecule is CCCCCCCCOC(=O)c1ccc(-c2ccc(C(C)OC(C)=O)cc2)cc1. The smallest absolute Gasteiger partial charge is 0.338 e. The second kappa shape index (κ2) is 12.1. The standard InChI is InChI=1S/C25H32O4/c1-4-5-6-7-8-9-18-28-25(27)24-16-14-23(15-17-24)22-12-10-21(11-13-22)19(2)29-20(3)26/h10-17,19H,4-9,18H2,1-3H3. The van der Waals surface area contributed by atoms with Crippen LogP contribution in [0, 0.1) is 0 Å². The van der Waals surface area contributed by atoms with Gasteiger partial charge in [-0.1, -0.05) is 75.4 Å². The molecule has 2 rings (SSSR count). The molecular formula is C25H32O4. The van der Waals surface area contributed by atoms with Gasteiger partial charge in [0.05, 0.1) is 12.2 Å². The first kappa shape index (κ1) is 22.7. The first-order valence-electron chi connectivity index (χ1n) is 10.6. The number of carbonyl (C=O) groups is 2. The molecule has 156 valence electrons. The Kier molecular flexibility index (Phi) is 9.42. The van der Waals surface area contributed by atoms with Gasteiger partial charge in [-0.15, -0.1) is 0 Å². The Labute approximate surface area is 174 Å². The molecule has 2 aromatic rings. The minimum absolute atomic E-state index is 0.268. The largest absolute Gasteiger partial charge is 0.462 e. The molecule has 0 aliphatic rings.